The van der Waals surface area contributed by atoms with Crippen LogP contribution in [0, 0.1) is 0 Å². The average molecular weight is 409 g/mol. The molecule has 0 aromatic heterocycles. The number of hydrogen-bond donors (Lipinski definition) is 4. The first-order chi connectivity index (χ1) is 6.79. The van der Waals surface area contributed by atoms with E-state index >= 15 is 0 Å². The second kappa shape index (κ2) is 4.16. The van der Waals surface area contributed by atoms with Crippen LogP contribution in [0.2, 0.25) is 0 Å². The second-order valence-corrected chi connectivity index (χ2v) is 7.88. The van der Waals surface area contributed by atoms with Gasteiger partial charge in [-0.3, -0.25) is 0 Å². The minimum atomic E-state index is 0.388. The van der Waals surface area contributed by atoms with Crippen molar-refractivity contribution in [3.8, 4) is 0 Å². The van der Waals surface area contributed by atoms with Crippen LogP contribution in [-0.2, 0) is 0 Å². The number of rotatable bonds is 0. The Morgan fingerprint density at radius 1 is 0.857 bits per heavy atom. The van der Waals surface area contributed by atoms with Gasteiger partial charge in [0.2, 0.25) is 0 Å². The Morgan fingerprint density at radius 3 is 1.86 bits per heavy atom. The maximum absolute atomic E-state index is 3.80. The van der Waals surface area contributed by atoms with Gasteiger partial charge in [-0.1, -0.05) is 0 Å². The normalized spacial score (nSPS) is 57.0. The predicted molar refractivity (Wildman–Crippen MR) is 66.5 cm³/mol. The molecule has 2 saturated heterocycles. The zero-order valence-corrected chi connectivity index (χ0v) is 12.7. The molecule has 0 bridgehead atoms. The molecule has 0 radical (unpaired) electrons. The topological polar surface area (TPSA) is 48.1 Å². The van der Waals surface area contributed by atoms with E-state index in [4.69, 9.17) is 0 Å². The van der Waals surface area contributed by atoms with Crippen LogP contribution in [0.4, 0.5) is 0 Å². The van der Waals surface area contributed by atoms with E-state index in [9.17, 15) is 0 Å². The van der Waals surface area contributed by atoms with Gasteiger partial charge < -0.3 is 0 Å². The molecule has 3 rings (SSSR count). The summed E-state index contributed by atoms with van der Waals surface area (Å²) in [4.78, 5) is 0.983. The summed E-state index contributed by atoms with van der Waals surface area (Å²) >= 11 is 9.60. The maximum atomic E-state index is 3.80. The molecule has 2 heterocycles. The molecule has 4 N–H and O–H groups in total. The van der Waals surface area contributed by atoms with Crippen molar-refractivity contribution in [2.24, 2.45) is 0 Å². The third kappa shape index (κ3) is 1.55. The molecule has 0 spiro atoms. The van der Waals surface area contributed by atoms with Gasteiger partial charge in [0.15, 0.2) is 0 Å². The van der Waals surface area contributed by atoms with Crippen molar-refractivity contribution in [2.45, 2.75) is 33.8 Å². The Morgan fingerprint density at radius 2 is 1.36 bits per heavy atom. The molecule has 3 aliphatic rings. The molecule has 4 nitrogen and oxygen atoms in total. The van der Waals surface area contributed by atoms with Gasteiger partial charge in [0, 0.05) is 0 Å². The second-order valence-electron chi connectivity index (χ2n) is 3.67. The van der Waals surface area contributed by atoms with E-state index in [0.717, 1.165) is 0 Å². The molecule has 0 amide bonds. The van der Waals surface area contributed by atoms with E-state index in [-0.39, 0.29) is 0 Å². The summed E-state index contributed by atoms with van der Waals surface area (Å²) in [5.41, 5.74) is 0. The molecule has 1 aliphatic carbocycles. The number of nitrogens with one attached hydrogen (secondary N) is 4. The van der Waals surface area contributed by atoms with Crippen LogP contribution < -0.4 is 18.1 Å². The first-order valence-electron chi connectivity index (χ1n) is 4.41. The Hall–Kier alpha value is 1.67. The van der Waals surface area contributed by atoms with Gasteiger partial charge in [-0.05, 0) is 0 Å². The fraction of sp³-hybridized carbons (Fsp3) is 1.00. The summed E-state index contributed by atoms with van der Waals surface area (Å²) in [5.74, 6) is 0. The van der Waals surface area contributed by atoms with Gasteiger partial charge in [0.1, 0.15) is 0 Å². The summed E-state index contributed by atoms with van der Waals surface area (Å²) in [5, 5.41) is 0. The van der Waals surface area contributed by atoms with Crippen LogP contribution >= 0.6 is 44.0 Å². The standard InChI is InChI=1S/C6H10Br2N4SSe/c7-1-3-4(10-13-9-3)2(8)6-5(1)11-14-12-6/h1-6,9-12H. The monoisotopic (exact) mass is 408 g/mol. The molecule has 3 fully saturated rings. The number of hydrogen-bond acceptors (Lipinski definition) is 5. The van der Waals surface area contributed by atoms with Crippen molar-refractivity contribution < 1.29 is 0 Å². The van der Waals surface area contributed by atoms with Crippen LogP contribution in [0.3, 0.4) is 0 Å². The zero-order valence-electron chi connectivity index (χ0n) is 7.04. The van der Waals surface area contributed by atoms with Crippen LogP contribution in [0.5, 0.6) is 0 Å². The Labute approximate surface area is 111 Å². The van der Waals surface area contributed by atoms with Crippen LogP contribution in [-0.4, -0.2) is 49.2 Å². The van der Waals surface area contributed by atoms with Crippen molar-refractivity contribution >= 4 is 59.4 Å². The van der Waals surface area contributed by atoms with Crippen molar-refractivity contribution in [3.63, 3.8) is 0 Å². The third-order valence-electron chi connectivity index (χ3n) is 2.93. The molecule has 80 valence electrons. The van der Waals surface area contributed by atoms with E-state index in [0.29, 0.717) is 49.2 Å². The molecular formula is C6H10Br2N4SSe. The fourth-order valence-corrected chi connectivity index (χ4v) is 7.98. The van der Waals surface area contributed by atoms with E-state index < -0.39 is 0 Å². The van der Waals surface area contributed by atoms with Crippen molar-refractivity contribution in [3.05, 3.63) is 0 Å². The molecule has 14 heavy (non-hydrogen) atoms. The quantitative estimate of drug-likeness (QED) is 0.247. The number of halogens is 2. The molecule has 1 saturated carbocycles. The molecule has 8 heteroatoms. The molecule has 0 aromatic carbocycles. The molecular weight excluding hydrogens is 399 g/mol. The fourth-order valence-electron chi connectivity index (χ4n) is 2.13. The van der Waals surface area contributed by atoms with Crippen LogP contribution in [0.15, 0.2) is 0 Å². The SMILES string of the molecule is BrC1C2NSNC2C(Br)C2N[Se]NC12. The molecule has 0 aromatic rings. The summed E-state index contributed by atoms with van der Waals surface area (Å²) in [7, 11) is 0. The first-order valence-corrected chi connectivity index (χ1v) is 8.77. The Balaban J connectivity index is 1.88. The number of fused-ring (bicyclic) bond motifs is 2. The van der Waals surface area contributed by atoms with Crippen molar-refractivity contribution in [2.75, 3.05) is 0 Å². The minimum absolute atomic E-state index is 0.388. The third-order valence-corrected chi connectivity index (χ3v) is 7.62. The average Bonchev–Trinajstić information content (AvgIpc) is 2.82. The molecule has 6 unspecified atom stereocenters. The summed E-state index contributed by atoms with van der Waals surface area (Å²) in [6.45, 7) is 0. The van der Waals surface area contributed by atoms with E-state index in [1.54, 1.807) is 12.1 Å². The van der Waals surface area contributed by atoms with Gasteiger partial charge >= 0.3 is 111 Å². The van der Waals surface area contributed by atoms with Crippen molar-refractivity contribution in [1.29, 1.82) is 0 Å². The van der Waals surface area contributed by atoms with Crippen molar-refractivity contribution in [1.82, 2.24) is 18.1 Å². The van der Waals surface area contributed by atoms with Gasteiger partial charge in [-0.25, -0.2) is 0 Å². The molecule has 6 atom stereocenters. The zero-order chi connectivity index (χ0) is 9.71. The van der Waals surface area contributed by atoms with E-state index in [1.165, 1.54) is 0 Å². The van der Waals surface area contributed by atoms with Crippen LogP contribution in [0.25, 0.3) is 0 Å². The van der Waals surface area contributed by atoms with Gasteiger partial charge in [0.05, 0.1) is 0 Å². The van der Waals surface area contributed by atoms with E-state index in [1.807, 2.05) is 0 Å². The van der Waals surface area contributed by atoms with E-state index in [2.05, 4.69) is 50.0 Å². The number of alkyl halides is 2. The van der Waals surface area contributed by atoms with Gasteiger partial charge in [0.25, 0.3) is 0 Å². The summed E-state index contributed by atoms with van der Waals surface area (Å²) in [6, 6.07) is 2.06. The summed E-state index contributed by atoms with van der Waals surface area (Å²) < 4.78 is 13.9. The van der Waals surface area contributed by atoms with Crippen LogP contribution in [0.1, 0.15) is 0 Å². The van der Waals surface area contributed by atoms with Gasteiger partial charge in [-0.2, -0.15) is 0 Å². The Kier molecular flexibility index (Phi) is 3.21. The first kappa shape index (κ1) is 10.8. The predicted octanol–water partition coefficient (Wildman–Crippen LogP) is -0.516. The Bertz CT molecular complexity index is 204. The molecule has 2 aliphatic heterocycles. The summed E-state index contributed by atoms with van der Waals surface area (Å²) in [6.07, 6.45) is 0. The van der Waals surface area contributed by atoms with Gasteiger partial charge in [-0.15, -0.1) is 0 Å².